The molecule has 6 amide bonds. The van der Waals surface area contributed by atoms with Gasteiger partial charge >= 0.3 is 18.2 Å². The maximum Gasteiger partial charge on any atom is 0.416 e. The Morgan fingerprint density at radius 3 is 1.81 bits per heavy atom. The average molecular weight is 785 g/mol. The van der Waals surface area contributed by atoms with Gasteiger partial charge in [-0.15, -0.1) is 0 Å². The number of carbonyl (C=O) groups excluding carboxylic acids is 4. The fourth-order valence-corrected chi connectivity index (χ4v) is 5.77. The van der Waals surface area contributed by atoms with Crippen LogP contribution >= 0.6 is 0 Å². The zero-order chi connectivity index (χ0) is 40.7. The number of alkyl halides is 3. The second-order valence-corrected chi connectivity index (χ2v) is 13.9. The molecule has 0 radical (unpaired) electrons. The molecule has 0 saturated carbocycles. The van der Waals surface area contributed by atoms with Crippen molar-refractivity contribution < 1.29 is 41.8 Å². The molecule has 0 atom stereocenters. The zero-order valence-electron chi connectivity index (χ0n) is 31.0. The van der Waals surface area contributed by atoms with E-state index >= 15 is 0 Å². The number of imidazole rings is 1. The van der Waals surface area contributed by atoms with Crippen LogP contribution in [0.4, 0.5) is 45.5 Å². The van der Waals surface area contributed by atoms with E-state index in [1.54, 1.807) is 36.4 Å². The predicted octanol–water partition coefficient (Wildman–Crippen LogP) is 7.18. The molecular weight excluding hydrogens is 745 g/mol. The molecule has 0 saturated heterocycles. The van der Waals surface area contributed by atoms with Crippen LogP contribution in [0.15, 0.2) is 97.6 Å². The van der Waals surface area contributed by atoms with Gasteiger partial charge in [0.25, 0.3) is 11.8 Å². The smallest absolute Gasteiger partial charge is 0.416 e. The molecule has 2 aliphatic rings. The summed E-state index contributed by atoms with van der Waals surface area (Å²) in [6.07, 6.45) is -0.163. The highest BCUT2D eigenvalue weighted by atomic mass is 19.4. The molecule has 0 unspecified atom stereocenters. The van der Waals surface area contributed by atoms with Gasteiger partial charge in [0.05, 0.1) is 40.3 Å². The van der Waals surface area contributed by atoms with Gasteiger partial charge in [0, 0.05) is 25.5 Å². The summed E-state index contributed by atoms with van der Waals surface area (Å²) in [5.74, 6) is 0.281. The average Bonchev–Trinajstić information content (AvgIpc) is 3.71. The highest BCUT2D eigenvalue weighted by Gasteiger charge is 2.31. The number of anilines is 4. The van der Waals surface area contributed by atoms with E-state index in [4.69, 9.17) is 9.47 Å². The van der Waals surface area contributed by atoms with Gasteiger partial charge in [0.1, 0.15) is 0 Å². The third-order valence-electron chi connectivity index (χ3n) is 8.68. The van der Waals surface area contributed by atoms with Gasteiger partial charge in [-0.3, -0.25) is 9.59 Å². The third kappa shape index (κ3) is 10.2. The van der Waals surface area contributed by atoms with E-state index in [9.17, 15) is 32.3 Å². The first-order valence-corrected chi connectivity index (χ1v) is 17.6. The summed E-state index contributed by atoms with van der Waals surface area (Å²) in [4.78, 5) is 51.2. The van der Waals surface area contributed by atoms with E-state index in [1.807, 2.05) is 12.1 Å². The molecule has 2 aliphatic heterocycles. The summed E-state index contributed by atoms with van der Waals surface area (Å²) in [5, 5.41) is 16.2. The van der Waals surface area contributed by atoms with Crippen LogP contribution in [-0.2, 0) is 34.3 Å². The Morgan fingerprint density at radius 1 is 0.754 bits per heavy atom. The first-order chi connectivity index (χ1) is 27.1. The molecule has 4 aromatic carbocycles. The number of nitrogens with zero attached hydrogens (tertiary/aromatic N) is 2. The SMILES string of the molecule is CC(C)(C)c1ccc(CNC(=O)Nc2cccc3c2OCC(=O)N3)cc1.O=C1COc2c(cccc2NC(=O)NCc2ccc(C(F)(F)F)cc2-n2ccnc2)N1. The zero-order valence-corrected chi connectivity index (χ0v) is 31.0. The molecule has 17 heteroatoms. The number of aromatic nitrogens is 2. The summed E-state index contributed by atoms with van der Waals surface area (Å²) < 4.78 is 51.6. The highest BCUT2D eigenvalue weighted by molar-refractivity contribution is 6.00. The minimum Gasteiger partial charge on any atom is -0.479 e. The first kappa shape index (κ1) is 39.6. The summed E-state index contributed by atoms with van der Waals surface area (Å²) in [6, 6.07) is 20.6. The Hall–Kier alpha value is -7.04. The molecule has 57 heavy (non-hydrogen) atoms. The molecule has 0 spiro atoms. The lowest BCUT2D eigenvalue weighted by Gasteiger charge is -2.21. The van der Waals surface area contributed by atoms with Crippen LogP contribution in [0.2, 0.25) is 0 Å². The Bertz CT molecular complexity index is 2270. The van der Waals surface area contributed by atoms with Gasteiger partial charge in [0.2, 0.25) is 0 Å². The van der Waals surface area contributed by atoms with Crippen LogP contribution in [0.25, 0.3) is 5.69 Å². The lowest BCUT2D eigenvalue weighted by molar-refractivity contribution is -0.137. The van der Waals surface area contributed by atoms with E-state index in [2.05, 4.69) is 69.8 Å². The lowest BCUT2D eigenvalue weighted by atomic mass is 9.87. The highest BCUT2D eigenvalue weighted by Crippen LogP contribution is 2.37. The van der Waals surface area contributed by atoms with Gasteiger partial charge in [-0.1, -0.05) is 63.2 Å². The van der Waals surface area contributed by atoms with Crippen LogP contribution in [-0.4, -0.2) is 46.6 Å². The third-order valence-corrected chi connectivity index (χ3v) is 8.68. The number of benzene rings is 4. The van der Waals surface area contributed by atoms with Gasteiger partial charge in [-0.2, -0.15) is 13.2 Å². The monoisotopic (exact) mass is 784 g/mol. The minimum atomic E-state index is -4.50. The largest absolute Gasteiger partial charge is 0.479 e. The van der Waals surface area contributed by atoms with E-state index in [0.29, 0.717) is 46.4 Å². The van der Waals surface area contributed by atoms with Crippen molar-refractivity contribution in [3.63, 3.8) is 0 Å². The predicted molar refractivity (Wildman–Crippen MR) is 207 cm³/mol. The van der Waals surface area contributed by atoms with Crippen molar-refractivity contribution in [2.75, 3.05) is 34.5 Å². The van der Waals surface area contributed by atoms with Crippen molar-refractivity contribution in [3.8, 4) is 17.2 Å². The Morgan fingerprint density at radius 2 is 1.30 bits per heavy atom. The second kappa shape index (κ2) is 16.8. The van der Waals surface area contributed by atoms with Gasteiger partial charge in [-0.05, 0) is 58.5 Å². The van der Waals surface area contributed by atoms with Gasteiger partial charge in [0.15, 0.2) is 24.7 Å². The lowest BCUT2D eigenvalue weighted by Crippen LogP contribution is -2.30. The van der Waals surface area contributed by atoms with E-state index < -0.39 is 17.8 Å². The van der Waals surface area contributed by atoms with Crippen LogP contribution in [0.1, 0.15) is 43.0 Å². The fraction of sp³-hybridized carbons (Fsp3) is 0.225. The number of rotatable bonds is 7. The standard InChI is InChI=1S/C20H16F3N5O3.C20H23N3O3/c21-20(22,23)13-5-4-12(16(8-13)28-7-6-24-11-28)9-25-19(30)27-15-3-1-2-14-18(15)31-10-17(29)26-14;1-20(2,3)14-9-7-13(8-10-14)11-21-19(25)23-16-6-4-5-15-18(16)26-12-17(24)22-15/h1-8,11H,9-10H2,(H,26,29)(H2,25,27,30);4-10H,11-12H2,1-3H3,(H,22,24)(H2,21,23,25). The van der Waals surface area contributed by atoms with Gasteiger partial charge in [-0.25, -0.2) is 14.6 Å². The topological polar surface area (TPSA) is 177 Å². The first-order valence-electron chi connectivity index (χ1n) is 17.6. The quantitative estimate of drug-likeness (QED) is 0.101. The van der Waals surface area contributed by atoms with Crippen molar-refractivity contribution >= 4 is 46.6 Å². The fourth-order valence-electron chi connectivity index (χ4n) is 5.77. The molecule has 7 rings (SSSR count). The van der Waals surface area contributed by atoms with Crippen LogP contribution in [0, 0.1) is 0 Å². The summed E-state index contributed by atoms with van der Waals surface area (Å²) in [7, 11) is 0. The maximum atomic E-state index is 13.1. The number of hydrogen-bond donors (Lipinski definition) is 6. The number of halogens is 3. The summed E-state index contributed by atoms with van der Waals surface area (Å²) in [5.41, 5.74) is 4.12. The van der Waals surface area contributed by atoms with Crippen LogP contribution in [0.3, 0.4) is 0 Å². The van der Waals surface area contributed by atoms with Crippen LogP contribution in [0.5, 0.6) is 11.5 Å². The van der Waals surface area contributed by atoms with Crippen molar-refractivity contribution in [3.05, 3.63) is 120 Å². The van der Waals surface area contributed by atoms with E-state index in [1.165, 1.54) is 34.9 Å². The number of urea groups is 2. The number of nitrogens with one attached hydrogen (secondary N) is 6. The van der Waals surface area contributed by atoms with E-state index in [0.717, 1.165) is 17.7 Å². The minimum absolute atomic E-state index is 0.0376. The number of para-hydroxylation sites is 2. The molecule has 6 N–H and O–H groups in total. The van der Waals surface area contributed by atoms with Crippen molar-refractivity contribution in [2.45, 2.75) is 45.5 Å². The summed E-state index contributed by atoms with van der Waals surface area (Å²) in [6.45, 7) is 6.64. The Kier molecular flexibility index (Phi) is 11.7. The van der Waals surface area contributed by atoms with Gasteiger partial charge < -0.3 is 45.9 Å². The molecule has 296 valence electrons. The number of hydrogen-bond acceptors (Lipinski definition) is 7. The number of amides is 6. The maximum absolute atomic E-state index is 13.1. The Labute approximate surface area is 325 Å². The Balaban J connectivity index is 0.000000196. The van der Waals surface area contributed by atoms with Crippen molar-refractivity contribution in [2.24, 2.45) is 0 Å². The molecule has 0 aliphatic carbocycles. The molecule has 1 aromatic heterocycles. The normalized spacial score (nSPS) is 13.2. The molecule has 3 heterocycles. The molecule has 14 nitrogen and oxygen atoms in total. The van der Waals surface area contributed by atoms with Crippen molar-refractivity contribution in [1.29, 1.82) is 0 Å². The molecule has 0 bridgehead atoms. The molecule has 0 fully saturated rings. The van der Waals surface area contributed by atoms with E-state index in [-0.39, 0.29) is 48.7 Å². The van der Waals surface area contributed by atoms with Crippen molar-refractivity contribution in [1.82, 2.24) is 20.2 Å². The molecular formula is C40H39F3N8O6. The second-order valence-electron chi connectivity index (χ2n) is 13.9. The van der Waals surface area contributed by atoms with Crippen LogP contribution < -0.4 is 41.4 Å². The molecule has 5 aromatic rings. The number of fused-ring (bicyclic) bond motifs is 2. The number of ether oxygens (including phenoxy) is 2. The summed E-state index contributed by atoms with van der Waals surface area (Å²) >= 11 is 0. The number of carbonyl (C=O) groups is 4.